The van der Waals surface area contributed by atoms with E-state index in [9.17, 15) is 9.59 Å². The first kappa shape index (κ1) is 20.8. The van der Waals surface area contributed by atoms with E-state index in [1.807, 2.05) is 24.0 Å². The van der Waals surface area contributed by atoms with Crippen molar-refractivity contribution in [1.29, 1.82) is 0 Å². The summed E-state index contributed by atoms with van der Waals surface area (Å²) in [6.45, 7) is 7.25. The summed E-state index contributed by atoms with van der Waals surface area (Å²) in [5.74, 6) is 1.71. The molecular weight excluding hydrogens is 386 g/mol. The maximum absolute atomic E-state index is 13.1. The lowest BCUT2D eigenvalue weighted by Gasteiger charge is -2.35. The minimum absolute atomic E-state index is 0.0791. The SMILES string of the molecule is CCOC(=O)N1CCN(CC(=O)N2CCC[C@@H]2c2ccc3c(c2)OCCCO3)CC1. The van der Waals surface area contributed by atoms with Crippen molar-refractivity contribution in [2.24, 2.45) is 0 Å². The molecule has 2 fully saturated rings. The summed E-state index contributed by atoms with van der Waals surface area (Å²) in [6, 6.07) is 6.14. The molecule has 2 saturated heterocycles. The number of carbonyl (C=O) groups excluding carboxylic acids is 2. The Bertz CT molecular complexity index is 763. The van der Waals surface area contributed by atoms with E-state index in [0.29, 0.717) is 52.5 Å². The smallest absolute Gasteiger partial charge is 0.409 e. The zero-order chi connectivity index (χ0) is 20.9. The largest absolute Gasteiger partial charge is 0.490 e. The zero-order valence-corrected chi connectivity index (χ0v) is 17.7. The van der Waals surface area contributed by atoms with Crippen LogP contribution in [0.3, 0.4) is 0 Å². The first-order valence-corrected chi connectivity index (χ1v) is 11.0. The van der Waals surface area contributed by atoms with Gasteiger partial charge in [0, 0.05) is 39.1 Å². The van der Waals surface area contributed by atoms with Crippen molar-refractivity contribution in [3.05, 3.63) is 23.8 Å². The van der Waals surface area contributed by atoms with Gasteiger partial charge in [0.2, 0.25) is 5.91 Å². The van der Waals surface area contributed by atoms with E-state index in [0.717, 1.165) is 42.9 Å². The van der Waals surface area contributed by atoms with Crippen LogP contribution in [0, 0.1) is 0 Å². The highest BCUT2D eigenvalue weighted by Crippen LogP contribution is 2.38. The first-order chi connectivity index (χ1) is 14.7. The second kappa shape index (κ2) is 9.55. The number of nitrogens with zero attached hydrogens (tertiary/aromatic N) is 3. The van der Waals surface area contributed by atoms with Crippen molar-refractivity contribution in [1.82, 2.24) is 14.7 Å². The number of hydrogen-bond donors (Lipinski definition) is 0. The van der Waals surface area contributed by atoms with Crippen LogP contribution in [0.15, 0.2) is 18.2 Å². The van der Waals surface area contributed by atoms with Crippen LogP contribution >= 0.6 is 0 Å². The third kappa shape index (κ3) is 4.64. The second-order valence-corrected chi connectivity index (χ2v) is 7.96. The number of benzene rings is 1. The van der Waals surface area contributed by atoms with Crippen molar-refractivity contribution in [2.45, 2.75) is 32.2 Å². The average Bonchev–Trinajstić information content (AvgIpc) is 3.13. The van der Waals surface area contributed by atoms with E-state index in [4.69, 9.17) is 14.2 Å². The van der Waals surface area contributed by atoms with Gasteiger partial charge in [0.05, 0.1) is 32.4 Å². The summed E-state index contributed by atoms with van der Waals surface area (Å²) in [4.78, 5) is 30.8. The highest BCUT2D eigenvalue weighted by atomic mass is 16.6. The van der Waals surface area contributed by atoms with E-state index >= 15 is 0 Å². The number of piperazine rings is 1. The predicted octanol–water partition coefficient (Wildman–Crippen LogP) is 2.29. The first-order valence-electron chi connectivity index (χ1n) is 11.0. The summed E-state index contributed by atoms with van der Waals surface area (Å²) >= 11 is 0. The van der Waals surface area contributed by atoms with Crippen molar-refractivity contribution >= 4 is 12.0 Å². The molecule has 30 heavy (non-hydrogen) atoms. The molecule has 3 heterocycles. The molecule has 1 aromatic rings. The molecule has 3 aliphatic rings. The number of likely N-dealkylation sites (tertiary alicyclic amines) is 1. The predicted molar refractivity (Wildman–Crippen MR) is 111 cm³/mol. The zero-order valence-electron chi connectivity index (χ0n) is 17.7. The van der Waals surface area contributed by atoms with Crippen LogP contribution < -0.4 is 9.47 Å². The molecule has 4 rings (SSSR count). The van der Waals surface area contributed by atoms with Gasteiger partial charge in [-0.25, -0.2) is 4.79 Å². The molecule has 0 aliphatic carbocycles. The van der Waals surface area contributed by atoms with Gasteiger partial charge >= 0.3 is 6.09 Å². The van der Waals surface area contributed by atoms with Gasteiger partial charge in [-0.3, -0.25) is 9.69 Å². The molecule has 2 amide bonds. The highest BCUT2D eigenvalue weighted by Gasteiger charge is 2.32. The standard InChI is InChI=1S/C22H31N3O5/c1-2-28-22(27)24-11-9-23(10-12-24)16-21(26)25-8-3-5-18(25)17-6-7-19-20(15-17)30-14-4-13-29-19/h6-7,15,18H,2-5,8-14,16H2,1H3/t18-/m1/s1. The summed E-state index contributed by atoms with van der Waals surface area (Å²) in [6.07, 6.45) is 2.57. The fourth-order valence-electron chi connectivity index (χ4n) is 4.38. The Labute approximate surface area is 177 Å². The van der Waals surface area contributed by atoms with Crippen molar-refractivity contribution in [2.75, 3.05) is 59.1 Å². The van der Waals surface area contributed by atoms with Crippen LogP contribution in [0.1, 0.15) is 37.8 Å². The summed E-state index contributed by atoms with van der Waals surface area (Å²) in [7, 11) is 0. The van der Waals surface area contributed by atoms with Crippen LogP contribution in [0.25, 0.3) is 0 Å². The second-order valence-electron chi connectivity index (χ2n) is 7.96. The highest BCUT2D eigenvalue weighted by molar-refractivity contribution is 5.79. The molecule has 0 unspecified atom stereocenters. The van der Waals surface area contributed by atoms with E-state index < -0.39 is 0 Å². The van der Waals surface area contributed by atoms with Gasteiger partial charge in [-0.2, -0.15) is 0 Å². The lowest BCUT2D eigenvalue weighted by molar-refractivity contribution is -0.133. The Hall–Kier alpha value is -2.48. The Morgan fingerprint density at radius 3 is 2.57 bits per heavy atom. The normalized spacial score (nSPS) is 22.0. The van der Waals surface area contributed by atoms with Crippen molar-refractivity contribution in [3.8, 4) is 11.5 Å². The van der Waals surface area contributed by atoms with Crippen LogP contribution in [-0.2, 0) is 9.53 Å². The maximum atomic E-state index is 13.1. The van der Waals surface area contributed by atoms with Crippen molar-refractivity contribution in [3.63, 3.8) is 0 Å². The molecule has 0 bridgehead atoms. The van der Waals surface area contributed by atoms with Gasteiger partial charge < -0.3 is 24.0 Å². The third-order valence-electron chi connectivity index (χ3n) is 5.99. The lowest BCUT2D eigenvalue weighted by Crippen LogP contribution is -2.51. The Balaban J connectivity index is 1.35. The van der Waals surface area contributed by atoms with Gasteiger partial charge in [0.25, 0.3) is 0 Å². The van der Waals surface area contributed by atoms with E-state index in [1.165, 1.54) is 0 Å². The molecule has 0 N–H and O–H groups in total. The van der Waals surface area contributed by atoms with Gasteiger partial charge in [0.15, 0.2) is 11.5 Å². The fourth-order valence-corrected chi connectivity index (χ4v) is 4.38. The number of amides is 2. The minimum Gasteiger partial charge on any atom is -0.490 e. The number of carbonyl (C=O) groups is 2. The summed E-state index contributed by atoms with van der Waals surface area (Å²) < 4.78 is 16.6. The van der Waals surface area contributed by atoms with Crippen molar-refractivity contribution < 1.29 is 23.8 Å². The van der Waals surface area contributed by atoms with Crippen LogP contribution in [0.2, 0.25) is 0 Å². The minimum atomic E-state index is -0.266. The molecule has 0 spiro atoms. The van der Waals surface area contributed by atoms with Gasteiger partial charge in [-0.15, -0.1) is 0 Å². The molecule has 3 aliphatic heterocycles. The summed E-state index contributed by atoms with van der Waals surface area (Å²) in [5, 5.41) is 0. The fraction of sp³-hybridized carbons (Fsp3) is 0.636. The molecule has 164 valence electrons. The third-order valence-corrected chi connectivity index (χ3v) is 5.99. The quantitative estimate of drug-likeness (QED) is 0.749. The Kier molecular flexibility index (Phi) is 6.62. The van der Waals surface area contributed by atoms with E-state index in [1.54, 1.807) is 4.90 Å². The molecule has 1 atom stereocenters. The molecule has 8 heteroatoms. The van der Waals surface area contributed by atoms with Crippen LogP contribution in [0.4, 0.5) is 4.79 Å². The Morgan fingerprint density at radius 1 is 1.03 bits per heavy atom. The van der Waals surface area contributed by atoms with Gasteiger partial charge in [-0.05, 0) is 37.5 Å². The number of ether oxygens (including phenoxy) is 3. The van der Waals surface area contributed by atoms with Crippen LogP contribution in [0.5, 0.6) is 11.5 Å². The van der Waals surface area contributed by atoms with E-state index in [2.05, 4.69) is 11.0 Å². The number of rotatable bonds is 4. The topological polar surface area (TPSA) is 71.6 Å². The Morgan fingerprint density at radius 2 is 1.80 bits per heavy atom. The van der Waals surface area contributed by atoms with Gasteiger partial charge in [-0.1, -0.05) is 6.07 Å². The average molecular weight is 418 g/mol. The van der Waals surface area contributed by atoms with Gasteiger partial charge in [0.1, 0.15) is 0 Å². The molecule has 8 nitrogen and oxygen atoms in total. The summed E-state index contributed by atoms with van der Waals surface area (Å²) in [5.41, 5.74) is 1.11. The maximum Gasteiger partial charge on any atom is 0.409 e. The number of fused-ring (bicyclic) bond motifs is 1. The molecule has 1 aromatic carbocycles. The molecule has 0 radical (unpaired) electrons. The lowest BCUT2D eigenvalue weighted by atomic mass is 10.0. The molecular formula is C22H31N3O5. The molecule has 0 saturated carbocycles. The van der Waals surface area contributed by atoms with Crippen LogP contribution in [-0.4, -0.2) is 85.8 Å². The molecule has 0 aromatic heterocycles. The van der Waals surface area contributed by atoms with E-state index in [-0.39, 0.29) is 18.0 Å². The monoisotopic (exact) mass is 417 g/mol. The number of hydrogen-bond acceptors (Lipinski definition) is 6.